The lowest BCUT2D eigenvalue weighted by Gasteiger charge is -2.05. The first kappa shape index (κ1) is 13.1. The van der Waals surface area contributed by atoms with Gasteiger partial charge in [0.25, 0.3) is 0 Å². The van der Waals surface area contributed by atoms with Crippen LogP contribution in [-0.4, -0.2) is 18.1 Å². The van der Waals surface area contributed by atoms with Gasteiger partial charge in [0.15, 0.2) is 5.69 Å². The molecule has 0 spiro atoms. The van der Waals surface area contributed by atoms with Crippen molar-refractivity contribution in [3.63, 3.8) is 0 Å². The fourth-order valence-electron chi connectivity index (χ4n) is 1.41. The third-order valence-electron chi connectivity index (χ3n) is 2.36. The third-order valence-corrected chi connectivity index (χ3v) is 2.36. The van der Waals surface area contributed by atoms with Crippen LogP contribution in [-0.2, 0) is 10.9 Å². The summed E-state index contributed by atoms with van der Waals surface area (Å²) in [5.41, 5.74) is -0.475. The first-order valence-electron chi connectivity index (χ1n) is 5.13. The van der Waals surface area contributed by atoms with E-state index in [1.807, 2.05) is 0 Å². The lowest BCUT2D eigenvalue weighted by atomic mass is 10.1. The molecule has 0 N–H and O–H groups in total. The minimum atomic E-state index is -4.40. The fourth-order valence-corrected chi connectivity index (χ4v) is 1.41. The van der Waals surface area contributed by atoms with Crippen LogP contribution in [0, 0.1) is 0 Å². The number of nitrogens with zero attached hydrogens (tertiary/aromatic N) is 1. The molecule has 0 fully saturated rings. The zero-order valence-electron chi connectivity index (χ0n) is 9.69. The van der Waals surface area contributed by atoms with Gasteiger partial charge in [-0.05, 0) is 24.3 Å². The SMILES string of the molecule is COC(=O)c1coc(-c2ccc(C(F)(F)F)cc2)n1. The van der Waals surface area contributed by atoms with Gasteiger partial charge in [-0.1, -0.05) is 0 Å². The molecule has 0 aliphatic carbocycles. The second-order valence-corrected chi connectivity index (χ2v) is 3.60. The van der Waals surface area contributed by atoms with Crippen molar-refractivity contribution >= 4 is 5.97 Å². The molecule has 0 bridgehead atoms. The van der Waals surface area contributed by atoms with E-state index in [0.29, 0.717) is 5.56 Å². The summed E-state index contributed by atoms with van der Waals surface area (Å²) in [5, 5.41) is 0. The van der Waals surface area contributed by atoms with Gasteiger partial charge in [0.05, 0.1) is 12.7 Å². The average molecular weight is 271 g/mol. The second kappa shape index (κ2) is 4.75. The second-order valence-electron chi connectivity index (χ2n) is 3.60. The van der Waals surface area contributed by atoms with Crippen LogP contribution >= 0.6 is 0 Å². The van der Waals surface area contributed by atoms with Gasteiger partial charge in [-0.2, -0.15) is 13.2 Å². The highest BCUT2D eigenvalue weighted by Gasteiger charge is 2.30. The molecule has 0 aliphatic heterocycles. The number of aromatic nitrogens is 1. The summed E-state index contributed by atoms with van der Waals surface area (Å²) < 4.78 is 46.6. The average Bonchev–Trinajstić information content (AvgIpc) is 2.86. The molecular weight excluding hydrogens is 263 g/mol. The predicted molar refractivity (Wildman–Crippen MR) is 58.3 cm³/mol. The molecule has 2 rings (SSSR count). The highest BCUT2D eigenvalue weighted by molar-refractivity contribution is 5.87. The van der Waals surface area contributed by atoms with Crippen molar-refractivity contribution in [1.82, 2.24) is 4.98 Å². The maximum absolute atomic E-state index is 12.4. The van der Waals surface area contributed by atoms with E-state index < -0.39 is 17.7 Å². The Morgan fingerprint density at radius 3 is 2.42 bits per heavy atom. The number of oxazole rings is 1. The molecule has 19 heavy (non-hydrogen) atoms. The van der Waals surface area contributed by atoms with E-state index in [1.165, 1.54) is 19.2 Å². The summed E-state index contributed by atoms with van der Waals surface area (Å²) in [7, 11) is 1.19. The third kappa shape index (κ3) is 2.75. The smallest absolute Gasteiger partial charge is 0.416 e. The van der Waals surface area contributed by atoms with E-state index in [9.17, 15) is 18.0 Å². The number of alkyl halides is 3. The largest absolute Gasteiger partial charge is 0.464 e. The first-order chi connectivity index (χ1) is 8.91. The van der Waals surface area contributed by atoms with Crippen LogP contribution < -0.4 is 0 Å². The van der Waals surface area contributed by atoms with Gasteiger partial charge in [0.2, 0.25) is 5.89 Å². The van der Waals surface area contributed by atoms with Crippen molar-refractivity contribution in [3.8, 4) is 11.5 Å². The summed E-state index contributed by atoms with van der Waals surface area (Å²) in [4.78, 5) is 15.0. The zero-order valence-corrected chi connectivity index (χ0v) is 9.69. The maximum Gasteiger partial charge on any atom is 0.416 e. The summed E-state index contributed by atoms with van der Waals surface area (Å²) >= 11 is 0. The van der Waals surface area contributed by atoms with Crippen LogP contribution in [0.2, 0.25) is 0 Å². The normalized spacial score (nSPS) is 11.4. The predicted octanol–water partition coefficient (Wildman–Crippen LogP) is 3.15. The highest BCUT2D eigenvalue weighted by Crippen LogP contribution is 2.30. The molecule has 0 saturated heterocycles. The minimum absolute atomic E-state index is 0.0441. The molecule has 100 valence electrons. The maximum atomic E-state index is 12.4. The number of hydrogen-bond acceptors (Lipinski definition) is 4. The molecule has 7 heteroatoms. The van der Waals surface area contributed by atoms with Crippen LogP contribution in [0.25, 0.3) is 11.5 Å². The van der Waals surface area contributed by atoms with Gasteiger partial charge in [-0.15, -0.1) is 0 Å². The molecule has 1 heterocycles. The Morgan fingerprint density at radius 1 is 1.26 bits per heavy atom. The fraction of sp³-hybridized carbons (Fsp3) is 0.167. The standard InChI is InChI=1S/C12H8F3NO3/c1-18-11(17)9-6-19-10(16-9)7-2-4-8(5-3-7)12(13,14)15/h2-6H,1H3. The van der Waals surface area contributed by atoms with Gasteiger partial charge >= 0.3 is 12.1 Å². The summed E-state index contributed by atoms with van der Waals surface area (Å²) in [6.45, 7) is 0. The lowest BCUT2D eigenvalue weighted by Crippen LogP contribution is -2.04. The lowest BCUT2D eigenvalue weighted by molar-refractivity contribution is -0.137. The summed E-state index contributed by atoms with van der Waals surface area (Å²) in [6.07, 6.45) is -3.31. The zero-order chi connectivity index (χ0) is 14.0. The number of benzene rings is 1. The Morgan fingerprint density at radius 2 is 1.89 bits per heavy atom. The molecule has 0 unspecified atom stereocenters. The Kier molecular flexibility index (Phi) is 3.28. The van der Waals surface area contributed by atoms with Gasteiger partial charge in [0, 0.05) is 5.56 Å². The monoisotopic (exact) mass is 271 g/mol. The molecule has 0 saturated carbocycles. The molecule has 0 amide bonds. The summed E-state index contributed by atoms with van der Waals surface area (Å²) in [5.74, 6) is -0.629. The Labute approximate surface area is 105 Å². The van der Waals surface area contributed by atoms with Crippen LogP contribution in [0.4, 0.5) is 13.2 Å². The van der Waals surface area contributed by atoms with Crippen LogP contribution in [0.15, 0.2) is 34.9 Å². The Bertz CT molecular complexity index is 587. The molecular formula is C12H8F3NO3. The van der Waals surface area contributed by atoms with Crippen LogP contribution in [0.1, 0.15) is 16.1 Å². The van der Waals surface area contributed by atoms with Gasteiger partial charge in [-0.25, -0.2) is 9.78 Å². The highest BCUT2D eigenvalue weighted by atomic mass is 19.4. The van der Waals surface area contributed by atoms with E-state index in [0.717, 1.165) is 18.4 Å². The Hall–Kier alpha value is -2.31. The van der Waals surface area contributed by atoms with Gasteiger partial charge in [0.1, 0.15) is 6.26 Å². The summed E-state index contributed by atoms with van der Waals surface area (Å²) in [6, 6.07) is 4.26. The molecule has 1 aromatic heterocycles. The molecule has 0 aliphatic rings. The van der Waals surface area contributed by atoms with Crippen LogP contribution in [0.3, 0.4) is 0 Å². The number of hydrogen-bond donors (Lipinski definition) is 0. The van der Waals surface area contributed by atoms with E-state index in [2.05, 4.69) is 9.72 Å². The van der Waals surface area contributed by atoms with Crippen molar-refractivity contribution < 1.29 is 27.1 Å². The van der Waals surface area contributed by atoms with Crippen molar-refractivity contribution in [3.05, 3.63) is 41.8 Å². The first-order valence-corrected chi connectivity index (χ1v) is 5.13. The quantitative estimate of drug-likeness (QED) is 0.787. The van der Waals surface area contributed by atoms with Crippen molar-refractivity contribution in [2.24, 2.45) is 0 Å². The van der Waals surface area contributed by atoms with Crippen molar-refractivity contribution in [2.75, 3.05) is 7.11 Å². The van der Waals surface area contributed by atoms with E-state index in [4.69, 9.17) is 4.42 Å². The molecule has 1 aromatic carbocycles. The molecule has 2 aromatic rings. The number of ether oxygens (including phenoxy) is 1. The van der Waals surface area contributed by atoms with Gasteiger partial charge < -0.3 is 9.15 Å². The van der Waals surface area contributed by atoms with Crippen molar-refractivity contribution in [1.29, 1.82) is 0 Å². The minimum Gasteiger partial charge on any atom is -0.464 e. The molecule has 0 atom stereocenters. The number of rotatable bonds is 2. The van der Waals surface area contributed by atoms with Gasteiger partial charge in [-0.3, -0.25) is 0 Å². The van der Waals surface area contributed by atoms with Crippen molar-refractivity contribution in [2.45, 2.75) is 6.18 Å². The number of methoxy groups -OCH3 is 1. The number of halogens is 3. The number of carbonyl (C=O) groups excluding carboxylic acids is 1. The van der Waals surface area contributed by atoms with Crippen LogP contribution in [0.5, 0.6) is 0 Å². The topological polar surface area (TPSA) is 52.3 Å². The number of esters is 1. The van der Waals surface area contributed by atoms with E-state index in [1.54, 1.807) is 0 Å². The number of carbonyl (C=O) groups is 1. The van der Waals surface area contributed by atoms with E-state index in [-0.39, 0.29) is 11.6 Å². The Balaban J connectivity index is 2.28. The van der Waals surface area contributed by atoms with E-state index >= 15 is 0 Å². The molecule has 0 radical (unpaired) electrons. The molecule has 4 nitrogen and oxygen atoms in total.